The van der Waals surface area contributed by atoms with Crippen molar-refractivity contribution in [3.63, 3.8) is 0 Å². The molecule has 96 valence electrons. The average molecular weight is 242 g/mol. The highest BCUT2D eigenvalue weighted by Gasteiger charge is 2.37. The molecule has 0 amide bonds. The van der Waals surface area contributed by atoms with E-state index in [1.807, 2.05) is 0 Å². The van der Waals surface area contributed by atoms with E-state index in [9.17, 15) is 0 Å². The van der Waals surface area contributed by atoms with Crippen LogP contribution in [0.3, 0.4) is 0 Å². The van der Waals surface area contributed by atoms with E-state index < -0.39 is 0 Å². The molecule has 1 fully saturated rings. The lowest BCUT2D eigenvalue weighted by Crippen LogP contribution is -2.32. The van der Waals surface area contributed by atoms with Gasteiger partial charge in [0.2, 0.25) is 0 Å². The smallest absolute Gasteiger partial charge is 0.0378 e. The van der Waals surface area contributed by atoms with Crippen molar-refractivity contribution in [3.05, 3.63) is 29.3 Å². The van der Waals surface area contributed by atoms with Gasteiger partial charge in [0.05, 0.1) is 0 Å². The summed E-state index contributed by atoms with van der Waals surface area (Å²) in [6, 6.07) is 7.60. The molecule has 18 heavy (non-hydrogen) atoms. The SMILES string of the molecule is c1cc2c3c(c1)C(N1CCCCC1)CC3CCN2. The van der Waals surface area contributed by atoms with Crippen molar-refractivity contribution in [3.8, 4) is 0 Å². The van der Waals surface area contributed by atoms with E-state index in [0.29, 0.717) is 6.04 Å². The number of rotatable bonds is 1. The summed E-state index contributed by atoms with van der Waals surface area (Å²) in [6.07, 6.45) is 6.92. The van der Waals surface area contributed by atoms with Gasteiger partial charge in [-0.1, -0.05) is 18.6 Å². The average Bonchev–Trinajstić information content (AvgIpc) is 2.82. The number of piperidine rings is 1. The van der Waals surface area contributed by atoms with Gasteiger partial charge in [0, 0.05) is 18.3 Å². The highest BCUT2D eigenvalue weighted by atomic mass is 15.2. The summed E-state index contributed by atoms with van der Waals surface area (Å²) in [7, 11) is 0. The fourth-order valence-electron chi connectivity index (χ4n) is 4.22. The van der Waals surface area contributed by atoms with Gasteiger partial charge in [-0.15, -0.1) is 0 Å². The fraction of sp³-hybridized carbons (Fsp3) is 0.625. The van der Waals surface area contributed by atoms with Gasteiger partial charge in [-0.2, -0.15) is 0 Å². The third-order valence-corrected chi connectivity index (χ3v) is 5.05. The van der Waals surface area contributed by atoms with Crippen molar-refractivity contribution >= 4 is 5.69 Å². The molecule has 0 spiro atoms. The lowest BCUT2D eigenvalue weighted by atomic mass is 9.93. The zero-order valence-corrected chi connectivity index (χ0v) is 11.0. The normalized spacial score (nSPS) is 30.9. The Hall–Kier alpha value is -1.02. The Bertz CT molecular complexity index is 448. The first-order chi connectivity index (χ1) is 8.93. The summed E-state index contributed by atoms with van der Waals surface area (Å²) in [5.74, 6) is 0.823. The minimum atomic E-state index is 0.713. The number of likely N-dealkylation sites (tertiary alicyclic amines) is 1. The molecular formula is C16H22N2. The van der Waals surface area contributed by atoms with Gasteiger partial charge in [0.25, 0.3) is 0 Å². The Morgan fingerprint density at radius 3 is 2.89 bits per heavy atom. The molecule has 3 aliphatic rings. The van der Waals surface area contributed by atoms with E-state index in [1.54, 1.807) is 11.1 Å². The van der Waals surface area contributed by atoms with Crippen molar-refractivity contribution in [2.24, 2.45) is 0 Å². The Balaban J connectivity index is 1.71. The summed E-state index contributed by atoms with van der Waals surface area (Å²) < 4.78 is 0. The number of nitrogens with zero attached hydrogens (tertiary/aromatic N) is 1. The van der Waals surface area contributed by atoms with E-state index in [2.05, 4.69) is 28.4 Å². The molecule has 0 saturated carbocycles. The standard InChI is InChI=1S/C16H22N2/c1-2-9-18(10-3-1)15-11-12-7-8-17-14-6-4-5-13(15)16(12)14/h4-6,12,15,17H,1-3,7-11H2. The van der Waals surface area contributed by atoms with Crippen LogP contribution in [0.4, 0.5) is 5.69 Å². The van der Waals surface area contributed by atoms with Gasteiger partial charge < -0.3 is 5.32 Å². The highest BCUT2D eigenvalue weighted by molar-refractivity contribution is 5.61. The molecule has 4 rings (SSSR count). The minimum Gasteiger partial charge on any atom is -0.385 e. The molecule has 0 radical (unpaired) electrons. The maximum absolute atomic E-state index is 3.58. The quantitative estimate of drug-likeness (QED) is 0.810. The number of hydrogen-bond donors (Lipinski definition) is 1. The molecule has 2 aliphatic heterocycles. The maximum atomic E-state index is 3.58. The molecule has 1 N–H and O–H groups in total. The van der Waals surface area contributed by atoms with Crippen LogP contribution in [0.1, 0.15) is 55.2 Å². The van der Waals surface area contributed by atoms with Gasteiger partial charge in [0.15, 0.2) is 0 Å². The van der Waals surface area contributed by atoms with Crippen LogP contribution in [0.2, 0.25) is 0 Å². The minimum absolute atomic E-state index is 0.713. The van der Waals surface area contributed by atoms with Crippen molar-refractivity contribution in [2.75, 3.05) is 25.0 Å². The van der Waals surface area contributed by atoms with Crippen molar-refractivity contribution in [1.29, 1.82) is 0 Å². The maximum Gasteiger partial charge on any atom is 0.0378 e. The van der Waals surface area contributed by atoms with Gasteiger partial charge in [-0.25, -0.2) is 0 Å². The lowest BCUT2D eigenvalue weighted by molar-refractivity contribution is 0.158. The van der Waals surface area contributed by atoms with Gasteiger partial charge in [-0.3, -0.25) is 4.90 Å². The summed E-state index contributed by atoms with van der Waals surface area (Å²) in [6.45, 7) is 3.79. The first kappa shape index (κ1) is 10.9. The van der Waals surface area contributed by atoms with E-state index >= 15 is 0 Å². The van der Waals surface area contributed by atoms with E-state index in [-0.39, 0.29) is 0 Å². The molecule has 1 aromatic rings. The van der Waals surface area contributed by atoms with Crippen LogP contribution in [-0.2, 0) is 0 Å². The molecule has 1 aliphatic carbocycles. The summed E-state index contributed by atoms with van der Waals surface area (Å²) in [5.41, 5.74) is 4.70. The largest absolute Gasteiger partial charge is 0.385 e. The topological polar surface area (TPSA) is 15.3 Å². The number of nitrogens with one attached hydrogen (secondary N) is 1. The first-order valence-corrected chi connectivity index (χ1v) is 7.54. The third-order valence-electron chi connectivity index (χ3n) is 5.05. The Labute approximate surface area is 109 Å². The van der Waals surface area contributed by atoms with Gasteiger partial charge >= 0.3 is 0 Å². The molecule has 0 bridgehead atoms. The Kier molecular flexibility index (Phi) is 2.58. The van der Waals surface area contributed by atoms with Crippen LogP contribution in [0.25, 0.3) is 0 Å². The summed E-state index contributed by atoms with van der Waals surface area (Å²) in [4.78, 5) is 2.75. The molecule has 1 aromatic carbocycles. The predicted octanol–water partition coefficient (Wildman–Crippen LogP) is 3.52. The molecule has 2 heteroatoms. The second kappa shape index (κ2) is 4.27. The molecule has 1 saturated heterocycles. The lowest BCUT2D eigenvalue weighted by Gasteiger charge is -2.33. The third kappa shape index (κ3) is 1.58. The van der Waals surface area contributed by atoms with Gasteiger partial charge in [-0.05, 0) is 61.9 Å². The highest BCUT2D eigenvalue weighted by Crippen LogP contribution is 2.50. The van der Waals surface area contributed by atoms with Crippen molar-refractivity contribution < 1.29 is 0 Å². The number of benzene rings is 1. The van der Waals surface area contributed by atoms with Crippen LogP contribution < -0.4 is 5.32 Å². The monoisotopic (exact) mass is 242 g/mol. The van der Waals surface area contributed by atoms with Crippen molar-refractivity contribution in [1.82, 2.24) is 4.90 Å². The number of hydrogen-bond acceptors (Lipinski definition) is 2. The van der Waals surface area contributed by atoms with E-state index in [4.69, 9.17) is 0 Å². The zero-order chi connectivity index (χ0) is 11.9. The summed E-state index contributed by atoms with van der Waals surface area (Å²) >= 11 is 0. The molecule has 2 unspecified atom stereocenters. The molecular weight excluding hydrogens is 220 g/mol. The van der Waals surface area contributed by atoms with Crippen LogP contribution >= 0.6 is 0 Å². The first-order valence-electron chi connectivity index (χ1n) is 7.54. The molecule has 0 aromatic heterocycles. The number of anilines is 1. The van der Waals surface area contributed by atoms with Crippen LogP contribution in [0.15, 0.2) is 18.2 Å². The van der Waals surface area contributed by atoms with Crippen molar-refractivity contribution in [2.45, 2.75) is 44.1 Å². The Morgan fingerprint density at radius 2 is 2.00 bits per heavy atom. The predicted molar refractivity (Wildman–Crippen MR) is 75.1 cm³/mol. The molecule has 2 atom stereocenters. The van der Waals surface area contributed by atoms with E-state index in [0.717, 1.165) is 12.5 Å². The second-order valence-electron chi connectivity index (χ2n) is 6.07. The van der Waals surface area contributed by atoms with Crippen LogP contribution in [0, 0.1) is 0 Å². The molecule has 2 nitrogen and oxygen atoms in total. The zero-order valence-electron chi connectivity index (χ0n) is 11.0. The second-order valence-corrected chi connectivity index (χ2v) is 6.07. The Morgan fingerprint density at radius 1 is 1.11 bits per heavy atom. The van der Waals surface area contributed by atoms with Crippen LogP contribution in [0.5, 0.6) is 0 Å². The molecule has 2 heterocycles. The summed E-state index contributed by atoms with van der Waals surface area (Å²) in [5, 5.41) is 3.58. The fourth-order valence-corrected chi connectivity index (χ4v) is 4.22. The van der Waals surface area contributed by atoms with Gasteiger partial charge in [0.1, 0.15) is 0 Å². The van der Waals surface area contributed by atoms with E-state index in [1.165, 1.54) is 50.9 Å². The van der Waals surface area contributed by atoms with Crippen LogP contribution in [-0.4, -0.2) is 24.5 Å².